The molecule has 1 unspecified atom stereocenters. The summed E-state index contributed by atoms with van der Waals surface area (Å²) in [5, 5.41) is 0.493. The van der Waals surface area contributed by atoms with Crippen molar-refractivity contribution >= 4 is 31.6 Å². The summed E-state index contributed by atoms with van der Waals surface area (Å²) < 4.78 is 21.4. The van der Waals surface area contributed by atoms with E-state index in [1.165, 1.54) is 24.3 Å². The molecular weight excluding hydrogens is 243 g/mol. The van der Waals surface area contributed by atoms with E-state index >= 15 is 0 Å². The van der Waals surface area contributed by atoms with E-state index in [4.69, 9.17) is 11.6 Å². The average molecular weight is 247 g/mol. The molecule has 0 saturated carbocycles. The third kappa shape index (κ3) is 4.12. The van der Waals surface area contributed by atoms with E-state index in [0.717, 1.165) is 0 Å². The molecule has 0 radical (unpaired) electrons. The first-order valence-corrected chi connectivity index (χ1v) is 5.50. The number of benzene rings is 1. The van der Waals surface area contributed by atoms with Crippen molar-refractivity contribution in [3.8, 4) is 0 Å². The van der Waals surface area contributed by atoms with Gasteiger partial charge >= 0.3 is 51.4 Å². The summed E-state index contributed by atoms with van der Waals surface area (Å²) in [5.41, 5.74) is 0. The molecule has 1 aromatic rings. The van der Waals surface area contributed by atoms with Crippen LogP contribution in [-0.4, -0.2) is 8.76 Å². The molecule has 0 amide bonds. The van der Waals surface area contributed by atoms with Gasteiger partial charge in [-0.15, -0.1) is 0 Å². The molecule has 0 aliphatic rings. The first-order chi connectivity index (χ1) is 5.00. The van der Waals surface area contributed by atoms with Gasteiger partial charge < -0.3 is 4.55 Å². The van der Waals surface area contributed by atoms with Gasteiger partial charge in [-0.05, 0) is 44.2 Å². The predicted molar refractivity (Wildman–Crippen MR) is 46.0 cm³/mol. The third-order valence-electron chi connectivity index (χ3n) is 1.10. The molecule has 6 heteroatoms. The normalized spacial score (nSPS) is 14.5. The molecule has 0 fully saturated rings. The SMILES string of the molecule is O=S([O-])(=S)c1ccc(Cl)cc1.[K+]. The van der Waals surface area contributed by atoms with Gasteiger partial charge in [0.05, 0.1) is 0 Å². The van der Waals surface area contributed by atoms with Crippen LogP contribution in [0.15, 0.2) is 29.2 Å². The van der Waals surface area contributed by atoms with Crippen LogP contribution in [0, 0.1) is 0 Å². The Morgan fingerprint density at radius 1 is 1.33 bits per heavy atom. The largest absolute Gasteiger partial charge is 1.00 e. The predicted octanol–water partition coefficient (Wildman–Crippen LogP) is -1.42. The van der Waals surface area contributed by atoms with Crippen LogP contribution in [0.4, 0.5) is 0 Å². The van der Waals surface area contributed by atoms with Crippen molar-refractivity contribution in [1.82, 2.24) is 0 Å². The first-order valence-electron chi connectivity index (χ1n) is 2.71. The fourth-order valence-electron chi connectivity index (χ4n) is 0.601. The Morgan fingerprint density at radius 2 is 1.75 bits per heavy atom. The topological polar surface area (TPSA) is 40.1 Å². The molecule has 0 N–H and O–H groups in total. The molecular formula is C6H4ClKO2S2. The summed E-state index contributed by atoms with van der Waals surface area (Å²) in [7, 11) is -3.49. The molecule has 1 rings (SSSR count). The van der Waals surface area contributed by atoms with Gasteiger partial charge in [-0.3, -0.25) is 4.21 Å². The smallest absolute Gasteiger partial charge is 0.766 e. The number of hydrogen-bond acceptors (Lipinski definition) is 3. The van der Waals surface area contributed by atoms with Gasteiger partial charge in [0.2, 0.25) is 0 Å². The van der Waals surface area contributed by atoms with Crippen LogP contribution >= 0.6 is 11.6 Å². The maximum absolute atomic E-state index is 10.7. The van der Waals surface area contributed by atoms with E-state index in [1.807, 2.05) is 0 Å². The molecule has 0 aliphatic heterocycles. The third-order valence-corrected chi connectivity index (χ3v) is 2.78. The second-order valence-corrected chi connectivity index (χ2v) is 5.04. The summed E-state index contributed by atoms with van der Waals surface area (Å²) in [5.74, 6) is 0. The number of rotatable bonds is 1. The fraction of sp³-hybridized carbons (Fsp3) is 0. The standard InChI is InChI=1S/C6H5ClO2S2.K/c7-5-1-3-6(4-2-5)11(8,9)10;/h1-4H,(H,8,9,10);/q;+1/p-1. The zero-order valence-electron chi connectivity index (χ0n) is 6.32. The quantitative estimate of drug-likeness (QED) is 0.571. The molecule has 0 spiro atoms. The summed E-state index contributed by atoms with van der Waals surface area (Å²) in [6.45, 7) is 0. The van der Waals surface area contributed by atoms with Gasteiger partial charge in [0.15, 0.2) is 0 Å². The Morgan fingerprint density at radius 3 is 2.08 bits per heavy atom. The molecule has 0 aliphatic carbocycles. The number of halogens is 1. The van der Waals surface area contributed by atoms with Crippen molar-refractivity contribution in [1.29, 1.82) is 0 Å². The Bertz CT molecular complexity index is 346. The van der Waals surface area contributed by atoms with E-state index in [2.05, 4.69) is 11.2 Å². The van der Waals surface area contributed by atoms with E-state index in [-0.39, 0.29) is 56.3 Å². The Hall–Kier alpha value is 1.48. The summed E-state index contributed by atoms with van der Waals surface area (Å²) in [6.07, 6.45) is 0. The summed E-state index contributed by atoms with van der Waals surface area (Å²) in [6, 6.07) is 5.73. The van der Waals surface area contributed by atoms with Crippen LogP contribution in [0.5, 0.6) is 0 Å². The van der Waals surface area contributed by atoms with Crippen LogP contribution in [0.1, 0.15) is 0 Å². The second-order valence-electron chi connectivity index (χ2n) is 1.91. The summed E-state index contributed by atoms with van der Waals surface area (Å²) >= 11 is 9.76. The van der Waals surface area contributed by atoms with Gasteiger partial charge in [0, 0.05) is 9.92 Å². The Labute approximate surface area is 124 Å². The van der Waals surface area contributed by atoms with Gasteiger partial charge in [0.1, 0.15) is 0 Å². The van der Waals surface area contributed by atoms with Crippen molar-refractivity contribution in [2.75, 3.05) is 0 Å². The van der Waals surface area contributed by atoms with E-state index in [1.54, 1.807) is 0 Å². The molecule has 2 nitrogen and oxygen atoms in total. The van der Waals surface area contributed by atoms with Crippen molar-refractivity contribution in [2.24, 2.45) is 0 Å². The molecule has 60 valence electrons. The van der Waals surface area contributed by atoms with Crippen LogP contribution in [-0.2, 0) is 20.0 Å². The molecule has 0 aromatic heterocycles. The Kier molecular flexibility index (Phi) is 6.04. The van der Waals surface area contributed by atoms with Crippen molar-refractivity contribution in [2.45, 2.75) is 4.90 Å². The summed E-state index contributed by atoms with van der Waals surface area (Å²) in [4.78, 5) is 0.108. The van der Waals surface area contributed by atoms with Gasteiger partial charge in [-0.1, -0.05) is 11.6 Å². The zero-order valence-corrected chi connectivity index (χ0v) is 11.8. The second kappa shape index (κ2) is 5.38. The monoisotopic (exact) mass is 246 g/mol. The number of hydrogen-bond donors (Lipinski definition) is 0. The maximum Gasteiger partial charge on any atom is 1.00 e. The molecule has 1 aromatic carbocycles. The minimum Gasteiger partial charge on any atom is -0.766 e. The zero-order chi connectivity index (χ0) is 8.48. The van der Waals surface area contributed by atoms with E-state index in [9.17, 15) is 8.76 Å². The van der Waals surface area contributed by atoms with Crippen molar-refractivity contribution in [3.05, 3.63) is 29.3 Å². The molecule has 1 atom stereocenters. The van der Waals surface area contributed by atoms with Gasteiger partial charge in [0.25, 0.3) is 0 Å². The van der Waals surface area contributed by atoms with Crippen LogP contribution in [0.25, 0.3) is 0 Å². The minimum absolute atomic E-state index is 0. The van der Waals surface area contributed by atoms with E-state index in [0.29, 0.717) is 5.02 Å². The maximum atomic E-state index is 10.7. The van der Waals surface area contributed by atoms with E-state index < -0.39 is 8.77 Å². The van der Waals surface area contributed by atoms with Crippen LogP contribution < -0.4 is 51.4 Å². The minimum atomic E-state index is -3.49. The molecule has 0 heterocycles. The van der Waals surface area contributed by atoms with Gasteiger partial charge in [-0.2, -0.15) is 0 Å². The molecule has 12 heavy (non-hydrogen) atoms. The fourth-order valence-corrected chi connectivity index (χ4v) is 1.53. The average Bonchev–Trinajstić information content (AvgIpc) is 1.86. The molecule has 0 saturated heterocycles. The Balaban J connectivity index is 0.00000121. The van der Waals surface area contributed by atoms with Crippen molar-refractivity contribution < 1.29 is 60.1 Å². The van der Waals surface area contributed by atoms with Crippen molar-refractivity contribution in [3.63, 3.8) is 0 Å². The van der Waals surface area contributed by atoms with Gasteiger partial charge in [-0.25, -0.2) is 0 Å². The van der Waals surface area contributed by atoms with Crippen LogP contribution in [0.2, 0.25) is 5.02 Å². The van der Waals surface area contributed by atoms with Crippen LogP contribution in [0.3, 0.4) is 0 Å². The molecule has 0 bridgehead atoms. The first kappa shape index (κ1) is 13.5.